The molecule has 0 amide bonds. The van der Waals surface area contributed by atoms with Crippen LogP contribution in [0.3, 0.4) is 0 Å². The van der Waals surface area contributed by atoms with E-state index in [-0.39, 0.29) is 22.9 Å². The van der Waals surface area contributed by atoms with Gasteiger partial charge in [-0.25, -0.2) is 17.5 Å². The first-order valence-electron chi connectivity index (χ1n) is 7.03. The molecule has 4 nitrogen and oxygen atoms in total. The summed E-state index contributed by atoms with van der Waals surface area (Å²) in [6, 6.07) is 4.45. The third-order valence-corrected chi connectivity index (χ3v) is 4.21. The second kappa shape index (κ2) is 6.85. The van der Waals surface area contributed by atoms with Gasteiger partial charge in [0, 0.05) is 19.1 Å². The second-order valence-electron chi connectivity index (χ2n) is 6.69. The zero-order valence-corrected chi connectivity index (χ0v) is 14.1. The summed E-state index contributed by atoms with van der Waals surface area (Å²) in [5.74, 6) is -0.732. The monoisotopic (exact) mass is 316 g/mol. The molecule has 0 saturated carbocycles. The van der Waals surface area contributed by atoms with Crippen molar-refractivity contribution in [3.8, 4) is 0 Å². The van der Waals surface area contributed by atoms with Crippen LogP contribution in [0.4, 0.5) is 4.39 Å². The lowest BCUT2D eigenvalue weighted by Crippen LogP contribution is -2.33. The normalized spacial score (nSPS) is 12.9. The minimum Gasteiger partial charge on any atom is -0.310 e. The number of benzene rings is 1. The van der Waals surface area contributed by atoms with E-state index in [4.69, 9.17) is 0 Å². The van der Waals surface area contributed by atoms with Crippen molar-refractivity contribution < 1.29 is 12.8 Å². The first kappa shape index (κ1) is 18.1. The molecule has 0 saturated heterocycles. The molecular weight excluding hydrogens is 291 g/mol. The molecule has 0 unspecified atom stereocenters. The van der Waals surface area contributed by atoms with Crippen molar-refractivity contribution in [3.05, 3.63) is 29.6 Å². The van der Waals surface area contributed by atoms with E-state index < -0.39 is 15.8 Å². The average molecular weight is 316 g/mol. The molecule has 0 aliphatic carbocycles. The van der Waals surface area contributed by atoms with Crippen molar-refractivity contribution in [2.75, 3.05) is 6.54 Å². The third kappa shape index (κ3) is 6.11. The molecule has 1 aromatic carbocycles. The Morgan fingerprint density at radius 1 is 1.24 bits per heavy atom. The molecule has 0 aromatic heterocycles. The largest absolute Gasteiger partial charge is 0.310 e. The zero-order chi connectivity index (χ0) is 16.3. The van der Waals surface area contributed by atoms with Crippen molar-refractivity contribution >= 4 is 10.0 Å². The highest BCUT2D eigenvalue weighted by Gasteiger charge is 2.22. The fourth-order valence-electron chi connectivity index (χ4n) is 1.57. The summed E-state index contributed by atoms with van der Waals surface area (Å²) in [4.78, 5) is -0.296. The van der Waals surface area contributed by atoms with Gasteiger partial charge in [-0.3, -0.25) is 0 Å². The molecule has 1 aromatic rings. The van der Waals surface area contributed by atoms with Crippen molar-refractivity contribution in [2.24, 2.45) is 5.41 Å². The molecule has 6 heteroatoms. The molecule has 0 aliphatic rings. The van der Waals surface area contributed by atoms with Gasteiger partial charge in [0.2, 0.25) is 10.0 Å². The quantitative estimate of drug-likeness (QED) is 0.848. The maximum Gasteiger partial charge on any atom is 0.243 e. The van der Waals surface area contributed by atoms with Crippen LogP contribution in [0.15, 0.2) is 23.1 Å². The molecule has 2 N–H and O–H groups in total. The van der Waals surface area contributed by atoms with E-state index in [1.54, 1.807) is 6.07 Å². The highest BCUT2D eigenvalue weighted by Crippen LogP contribution is 2.18. The van der Waals surface area contributed by atoms with Crippen molar-refractivity contribution in [1.82, 2.24) is 10.0 Å². The minimum atomic E-state index is -3.84. The summed E-state index contributed by atoms with van der Waals surface area (Å²) >= 11 is 0. The van der Waals surface area contributed by atoms with Crippen LogP contribution in [0.25, 0.3) is 0 Å². The number of hydrogen-bond donors (Lipinski definition) is 2. The highest BCUT2D eigenvalue weighted by molar-refractivity contribution is 7.89. The van der Waals surface area contributed by atoms with Gasteiger partial charge in [0.1, 0.15) is 10.7 Å². The molecule has 0 aliphatic heterocycles. The van der Waals surface area contributed by atoms with Gasteiger partial charge in [-0.15, -0.1) is 0 Å². The summed E-state index contributed by atoms with van der Waals surface area (Å²) in [7, 11) is -3.84. The van der Waals surface area contributed by atoms with Crippen LogP contribution in [-0.4, -0.2) is 21.0 Å². The number of nitrogens with one attached hydrogen (secondary N) is 2. The fraction of sp³-hybridized carbons (Fsp3) is 0.600. The van der Waals surface area contributed by atoms with Crippen molar-refractivity contribution in [1.29, 1.82) is 0 Å². The van der Waals surface area contributed by atoms with Crippen LogP contribution >= 0.6 is 0 Å². The summed E-state index contributed by atoms with van der Waals surface area (Å²) in [6.07, 6.45) is 0. The molecule has 0 atom stereocenters. The van der Waals surface area contributed by atoms with Gasteiger partial charge in [-0.05, 0) is 23.1 Å². The molecule has 21 heavy (non-hydrogen) atoms. The van der Waals surface area contributed by atoms with Gasteiger partial charge < -0.3 is 5.32 Å². The number of halogens is 1. The maximum absolute atomic E-state index is 13.8. The van der Waals surface area contributed by atoms with Crippen LogP contribution in [0.5, 0.6) is 0 Å². The van der Waals surface area contributed by atoms with E-state index in [9.17, 15) is 12.8 Å². The molecule has 0 spiro atoms. The van der Waals surface area contributed by atoms with Crippen LogP contribution < -0.4 is 10.0 Å². The molecule has 120 valence electrons. The van der Waals surface area contributed by atoms with E-state index in [1.807, 2.05) is 34.6 Å². The lowest BCUT2D eigenvalue weighted by Gasteiger charge is -2.19. The van der Waals surface area contributed by atoms with E-state index in [2.05, 4.69) is 10.0 Å². The summed E-state index contributed by atoms with van der Waals surface area (Å²) in [5.41, 5.74) is 0.529. The van der Waals surface area contributed by atoms with Gasteiger partial charge in [0.05, 0.1) is 0 Å². The van der Waals surface area contributed by atoms with Crippen LogP contribution in [0.1, 0.15) is 40.2 Å². The molecule has 0 bridgehead atoms. The van der Waals surface area contributed by atoms with E-state index in [0.717, 1.165) is 5.56 Å². The Balaban J connectivity index is 2.97. The molecule has 0 fully saturated rings. The van der Waals surface area contributed by atoms with Crippen LogP contribution in [0.2, 0.25) is 0 Å². The summed E-state index contributed by atoms with van der Waals surface area (Å²) in [5, 5.41) is 3.18. The summed E-state index contributed by atoms with van der Waals surface area (Å²) in [6.45, 7) is 10.5. The van der Waals surface area contributed by atoms with Crippen LogP contribution in [0, 0.1) is 11.2 Å². The number of rotatable bonds is 6. The highest BCUT2D eigenvalue weighted by atomic mass is 32.2. The van der Waals surface area contributed by atoms with Gasteiger partial charge >= 0.3 is 0 Å². The average Bonchev–Trinajstić information content (AvgIpc) is 2.34. The first-order chi connectivity index (χ1) is 9.51. The Hall–Kier alpha value is -0.980. The van der Waals surface area contributed by atoms with Gasteiger partial charge in [0.25, 0.3) is 0 Å². The Labute approximate surface area is 127 Å². The van der Waals surface area contributed by atoms with Gasteiger partial charge in [-0.1, -0.05) is 40.7 Å². The van der Waals surface area contributed by atoms with Crippen molar-refractivity contribution in [2.45, 2.75) is 52.1 Å². The van der Waals surface area contributed by atoms with E-state index >= 15 is 0 Å². The smallest absolute Gasteiger partial charge is 0.243 e. The molecule has 0 radical (unpaired) electrons. The predicted molar refractivity (Wildman–Crippen MR) is 83.0 cm³/mol. The van der Waals surface area contributed by atoms with Gasteiger partial charge in [-0.2, -0.15) is 0 Å². The Kier molecular flexibility index (Phi) is 5.90. The topological polar surface area (TPSA) is 58.2 Å². The van der Waals surface area contributed by atoms with Gasteiger partial charge in [0.15, 0.2) is 0 Å². The second-order valence-corrected chi connectivity index (χ2v) is 8.42. The maximum atomic E-state index is 13.8. The number of sulfonamides is 1. The molecular formula is C15H25FN2O2S. The SMILES string of the molecule is CC(C)NCc1ccc(F)c(S(=O)(=O)NCC(C)(C)C)c1. The van der Waals surface area contributed by atoms with E-state index in [1.165, 1.54) is 12.1 Å². The minimum absolute atomic E-state index is 0.208. The molecule has 0 heterocycles. The lowest BCUT2D eigenvalue weighted by molar-refractivity contribution is 0.407. The zero-order valence-electron chi connectivity index (χ0n) is 13.3. The van der Waals surface area contributed by atoms with Crippen LogP contribution in [-0.2, 0) is 16.6 Å². The standard InChI is InChI=1S/C15H25FN2O2S/c1-11(2)17-9-12-6-7-13(16)14(8-12)21(19,20)18-10-15(3,4)5/h6-8,11,17-18H,9-10H2,1-5H3. The Morgan fingerprint density at radius 3 is 2.38 bits per heavy atom. The van der Waals surface area contributed by atoms with E-state index in [0.29, 0.717) is 6.54 Å². The fourth-order valence-corrected chi connectivity index (χ4v) is 2.98. The Morgan fingerprint density at radius 2 is 1.86 bits per heavy atom. The lowest BCUT2D eigenvalue weighted by atomic mass is 9.98. The molecule has 1 rings (SSSR count). The summed E-state index contributed by atoms with van der Waals surface area (Å²) < 4.78 is 40.7. The predicted octanol–water partition coefficient (Wildman–Crippen LogP) is 2.65. The first-order valence-corrected chi connectivity index (χ1v) is 8.51. The Bertz CT molecular complexity index is 578. The third-order valence-electron chi connectivity index (χ3n) is 2.79. The number of hydrogen-bond acceptors (Lipinski definition) is 3. The van der Waals surface area contributed by atoms with Crippen molar-refractivity contribution in [3.63, 3.8) is 0 Å².